The van der Waals surface area contributed by atoms with Gasteiger partial charge in [0.15, 0.2) is 16.6 Å². The molecule has 0 amide bonds. The standard InChI is InChI=1S/C12H10N4OS2/c13-10-12(15-4-3-14-10)19-7-8-6-18-11(16-8)9-2-1-5-17-9/h1-6H,7H2,(H2,13,14). The fourth-order valence-electron chi connectivity index (χ4n) is 1.48. The Kier molecular flexibility index (Phi) is 3.47. The lowest BCUT2D eigenvalue weighted by Gasteiger charge is -2.00. The third-order valence-corrected chi connectivity index (χ3v) is 4.27. The van der Waals surface area contributed by atoms with Crippen LogP contribution in [0.5, 0.6) is 0 Å². The predicted molar refractivity (Wildman–Crippen MR) is 75.8 cm³/mol. The summed E-state index contributed by atoms with van der Waals surface area (Å²) in [6, 6.07) is 3.75. The zero-order valence-electron chi connectivity index (χ0n) is 9.81. The highest BCUT2D eigenvalue weighted by Gasteiger charge is 2.08. The maximum Gasteiger partial charge on any atom is 0.162 e. The van der Waals surface area contributed by atoms with Crippen molar-refractivity contribution in [3.05, 3.63) is 41.9 Å². The van der Waals surface area contributed by atoms with Gasteiger partial charge in [0.05, 0.1) is 12.0 Å². The number of hydrogen-bond acceptors (Lipinski definition) is 7. The Morgan fingerprint density at radius 3 is 3.00 bits per heavy atom. The second kappa shape index (κ2) is 5.41. The molecule has 3 aromatic rings. The summed E-state index contributed by atoms with van der Waals surface area (Å²) in [6.07, 6.45) is 4.86. The van der Waals surface area contributed by atoms with Crippen LogP contribution in [0, 0.1) is 0 Å². The predicted octanol–water partition coefficient (Wildman–Crippen LogP) is 3.07. The van der Waals surface area contributed by atoms with Gasteiger partial charge < -0.3 is 10.2 Å². The van der Waals surface area contributed by atoms with Crippen LogP contribution in [0.25, 0.3) is 10.8 Å². The van der Waals surface area contributed by atoms with Crippen LogP contribution in [-0.4, -0.2) is 15.0 Å². The van der Waals surface area contributed by atoms with E-state index in [-0.39, 0.29) is 0 Å². The summed E-state index contributed by atoms with van der Waals surface area (Å²) in [7, 11) is 0. The van der Waals surface area contributed by atoms with E-state index in [0.717, 1.165) is 21.5 Å². The Balaban J connectivity index is 1.70. The molecule has 3 rings (SSSR count). The minimum absolute atomic E-state index is 0.453. The molecular formula is C12H10N4OS2. The van der Waals surface area contributed by atoms with E-state index in [1.54, 1.807) is 30.0 Å². The average molecular weight is 290 g/mol. The van der Waals surface area contributed by atoms with Gasteiger partial charge in [-0.15, -0.1) is 11.3 Å². The van der Waals surface area contributed by atoms with Crippen LogP contribution < -0.4 is 5.73 Å². The van der Waals surface area contributed by atoms with Crippen molar-refractivity contribution < 1.29 is 4.42 Å². The van der Waals surface area contributed by atoms with E-state index in [2.05, 4.69) is 15.0 Å². The molecule has 0 aliphatic carbocycles. The van der Waals surface area contributed by atoms with Gasteiger partial charge >= 0.3 is 0 Å². The number of thioether (sulfide) groups is 1. The van der Waals surface area contributed by atoms with E-state index < -0.39 is 0 Å². The molecule has 0 atom stereocenters. The van der Waals surface area contributed by atoms with E-state index in [1.165, 1.54) is 11.8 Å². The Morgan fingerprint density at radius 1 is 1.32 bits per heavy atom. The van der Waals surface area contributed by atoms with Crippen LogP contribution in [0.1, 0.15) is 5.69 Å². The molecule has 3 heterocycles. The zero-order valence-corrected chi connectivity index (χ0v) is 11.4. The Hall–Kier alpha value is -1.86. The van der Waals surface area contributed by atoms with Gasteiger partial charge in [0.25, 0.3) is 0 Å². The number of aromatic nitrogens is 3. The van der Waals surface area contributed by atoms with Crippen molar-refractivity contribution in [2.45, 2.75) is 10.8 Å². The van der Waals surface area contributed by atoms with E-state index >= 15 is 0 Å². The first kappa shape index (κ1) is 12.2. The summed E-state index contributed by atoms with van der Waals surface area (Å²) in [5.74, 6) is 1.95. The fourth-order valence-corrected chi connectivity index (χ4v) is 3.14. The van der Waals surface area contributed by atoms with Gasteiger partial charge in [-0.2, -0.15) is 0 Å². The summed E-state index contributed by atoms with van der Waals surface area (Å²) in [6.45, 7) is 0. The lowest BCUT2D eigenvalue weighted by molar-refractivity contribution is 0.581. The molecule has 0 fully saturated rings. The van der Waals surface area contributed by atoms with Gasteiger partial charge in [-0.3, -0.25) is 0 Å². The molecule has 2 N–H and O–H groups in total. The largest absolute Gasteiger partial charge is 0.462 e. The molecule has 0 saturated carbocycles. The first-order valence-corrected chi connectivity index (χ1v) is 7.37. The number of hydrogen-bond donors (Lipinski definition) is 1. The highest BCUT2D eigenvalue weighted by Crippen LogP contribution is 2.28. The van der Waals surface area contributed by atoms with E-state index in [9.17, 15) is 0 Å². The third-order valence-electron chi connectivity index (χ3n) is 2.33. The first-order valence-electron chi connectivity index (χ1n) is 5.50. The van der Waals surface area contributed by atoms with Crippen molar-refractivity contribution in [2.24, 2.45) is 0 Å². The van der Waals surface area contributed by atoms with Crippen molar-refractivity contribution >= 4 is 28.9 Å². The number of nitrogens with two attached hydrogens (primary N) is 1. The van der Waals surface area contributed by atoms with Crippen LogP contribution >= 0.6 is 23.1 Å². The van der Waals surface area contributed by atoms with Crippen molar-refractivity contribution in [1.29, 1.82) is 0 Å². The summed E-state index contributed by atoms with van der Waals surface area (Å²) >= 11 is 3.09. The Bertz CT molecular complexity index is 666. The van der Waals surface area contributed by atoms with Crippen molar-refractivity contribution in [1.82, 2.24) is 15.0 Å². The molecule has 19 heavy (non-hydrogen) atoms. The molecule has 0 aliphatic rings. The first-order chi connectivity index (χ1) is 9.33. The smallest absolute Gasteiger partial charge is 0.162 e. The molecule has 7 heteroatoms. The fraction of sp³-hybridized carbons (Fsp3) is 0.0833. The molecule has 0 radical (unpaired) electrons. The average Bonchev–Trinajstić information content (AvgIpc) is 3.09. The number of nitrogen functional groups attached to an aromatic ring is 1. The Morgan fingerprint density at radius 2 is 2.21 bits per heavy atom. The molecule has 0 unspecified atom stereocenters. The van der Waals surface area contributed by atoms with Gasteiger partial charge in [0.1, 0.15) is 5.03 Å². The maximum atomic E-state index is 5.74. The summed E-state index contributed by atoms with van der Waals surface area (Å²) < 4.78 is 5.31. The van der Waals surface area contributed by atoms with Gasteiger partial charge in [-0.1, -0.05) is 11.8 Å². The van der Waals surface area contributed by atoms with Crippen LogP contribution in [0.15, 0.2) is 45.6 Å². The van der Waals surface area contributed by atoms with Gasteiger partial charge in [-0.25, -0.2) is 15.0 Å². The SMILES string of the molecule is Nc1nccnc1SCc1csc(-c2ccco2)n1. The summed E-state index contributed by atoms with van der Waals surface area (Å²) in [5, 5.41) is 3.62. The third kappa shape index (κ3) is 2.77. The summed E-state index contributed by atoms with van der Waals surface area (Å²) in [4.78, 5) is 12.7. The summed E-state index contributed by atoms with van der Waals surface area (Å²) in [5.41, 5.74) is 6.72. The lowest BCUT2D eigenvalue weighted by atomic mass is 10.5. The molecular weight excluding hydrogens is 280 g/mol. The second-order valence-corrected chi connectivity index (χ2v) is 5.48. The monoisotopic (exact) mass is 290 g/mol. The molecule has 0 spiro atoms. The highest BCUT2D eigenvalue weighted by atomic mass is 32.2. The van der Waals surface area contributed by atoms with Crippen LogP contribution in [0.2, 0.25) is 0 Å². The van der Waals surface area contributed by atoms with Crippen molar-refractivity contribution in [3.63, 3.8) is 0 Å². The number of thiazole rings is 1. The minimum atomic E-state index is 0.453. The molecule has 96 valence electrons. The molecule has 0 bridgehead atoms. The van der Waals surface area contributed by atoms with E-state index in [0.29, 0.717) is 11.6 Å². The highest BCUT2D eigenvalue weighted by molar-refractivity contribution is 7.98. The molecule has 0 aliphatic heterocycles. The molecule has 3 aromatic heterocycles. The number of rotatable bonds is 4. The normalized spacial score (nSPS) is 10.7. The lowest BCUT2D eigenvalue weighted by Crippen LogP contribution is -1.95. The number of anilines is 1. The quantitative estimate of drug-likeness (QED) is 0.744. The molecule has 0 aromatic carbocycles. The molecule has 0 saturated heterocycles. The van der Waals surface area contributed by atoms with Crippen LogP contribution in [-0.2, 0) is 5.75 Å². The van der Waals surface area contributed by atoms with Gasteiger partial charge in [-0.05, 0) is 12.1 Å². The van der Waals surface area contributed by atoms with E-state index in [4.69, 9.17) is 10.2 Å². The number of furan rings is 1. The van der Waals surface area contributed by atoms with Crippen LogP contribution in [0.3, 0.4) is 0 Å². The zero-order chi connectivity index (χ0) is 13.1. The van der Waals surface area contributed by atoms with Crippen molar-refractivity contribution in [2.75, 3.05) is 5.73 Å². The molecule has 5 nitrogen and oxygen atoms in total. The van der Waals surface area contributed by atoms with E-state index in [1.807, 2.05) is 17.5 Å². The minimum Gasteiger partial charge on any atom is -0.462 e. The number of nitrogens with zero attached hydrogens (tertiary/aromatic N) is 3. The second-order valence-electron chi connectivity index (χ2n) is 3.66. The maximum absolute atomic E-state index is 5.74. The topological polar surface area (TPSA) is 77.8 Å². The van der Waals surface area contributed by atoms with Gasteiger partial charge in [0.2, 0.25) is 0 Å². The Labute approximate surface area is 117 Å². The van der Waals surface area contributed by atoms with Gasteiger partial charge in [0, 0.05) is 23.5 Å². The van der Waals surface area contributed by atoms with Crippen molar-refractivity contribution in [3.8, 4) is 10.8 Å². The van der Waals surface area contributed by atoms with Crippen LogP contribution in [0.4, 0.5) is 5.82 Å².